The Labute approximate surface area is 650 Å². The quantitative estimate of drug-likeness (QED) is 0.00734. The van der Waals surface area contributed by atoms with Gasteiger partial charge in [-0.2, -0.15) is 33.7 Å². The van der Waals surface area contributed by atoms with E-state index >= 15 is 0 Å². The second kappa shape index (κ2) is 44.0. The minimum atomic E-state index is -4.86. The number of nitrogens with zero attached hydrogens (tertiary/aromatic N) is 1. The van der Waals surface area contributed by atoms with Crippen LogP contribution in [0.1, 0.15) is 228 Å². The van der Waals surface area contributed by atoms with Gasteiger partial charge in [0.25, 0.3) is 40.5 Å². The van der Waals surface area contributed by atoms with E-state index in [1.54, 1.807) is 13.8 Å². The van der Waals surface area contributed by atoms with Gasteiger partial charge in [0, 0.05) is 115 Å². The molecule has 3 aliphatic rings. The molecule has 602 valence electrons. The van der Waals surface area contributed by atoms with Crippen molar-refractivity contribution >= 4 is 102 Å². The summed E-state index contributed by atoms with van der Waals surface area (Å²) in [5, 5.41) is 24.2. The van der Waals surface area contributed by atoms with Gasteiger partial charge in [-0.15, -0.1) is 0 Å². The van der Waals surface area contributed by atoms with E-state index in [1.807, 2.05) is 0 Å². The Bertz CT molecular complexity index is 4140. The molecule has 12 N–H and O–H groups in total. The molecular formula is C74H114N6O20S7. The number of nitrogens with two attached hydrogens (primary N) is 1. The van der Waals surface area contributed by atoms with Gasteiger partial charge in [-0.25, -0.2) is 9.68 Å². The first-order valence-electron chi connectivity index (χ1n) is 36.9. The van der Waals surface area contributed by atoms with E-state index in [0.717, 1.165) is 106 Å². The summed E-state index contributed by atoms with van der Waals surface area (Å²) in [6.07, 6.45) is 19.2. The maximum absolute atomic E-state index is 12.7. The van der Waals surface area contributed by atoms with Gasteiger partial charge in [0.1, 0.15) is 55.8 Å². The first kappa shape index (κ1) is 94.0. The third kappa shape index (κ3) is 25.8. The predicted octanol–water partition coefficient (Wildman–Crippen LogP) is 13.2. The van der Waals surface area contributed by atoms with Crippen LogP contribution in [0.2, 0.25) is 0 Å². The first-order valence-corrected chi connectivity index (χ1v) is 44.0. The molecule has 4 atom stereocenters. The molecule has 0 saturated carbocycles. The number of carbonyl (C=O) groups is 4. The van der Waals surface area contributed by atoms with Crippen LogP contribution in [-0.2, 0) is 97.8 Å². The minimum absolute atomic E-state index is 0.0301. The zero-order valence-electron chi connectivity index (χ0n) is 63.3. The highest BCUT2D eigenvalue weighted by Crippen LogP contribution is 2.54. The number of imide groups is 3. The number of ether oxygens (including phenoxy) is 2. The Kier molecular flexibility index (Phi) is 38.6. The highest BCUT2D eigenvalue weighted by atomic mass is 32.2. The number of carbonyl (C=O) groups excluding carboxylic acids is 4. The lowest BCUT2D eigenvalue weighted by atomic mass is 9.76. The second-order valence-corrected chi connectivity index (χ2v) is 34.3. The van der Waals surface area contributed by atoms with Crippen molar-refractivity contribution in [3.8, 4) is 45.3 Å². The summed E-state index contributed by atoms with van der Waals surface area (Å²) in [4.78, 5) is 46.8. The number of fused-ring (bicyclic) bond motifs is 6. The van der Waals surface area contributed by atoms with Gasteiger partial charge in [0.05, 0.1) is 6.54 Å². The van der Waals surface area contributed by atoms with Gasteiger partial charge >= 0.3 is 0 Å². The van der Waals surface area contributed by atoms with Crippen molar-refractivity contribution in [2.24, 2.45) is 41.2 Å². The van der Waals surface area contributed by atoms with E-state index in [9.17, 15) is 81.3 Å². The number of aromatic hydroxyl groups is 2. The van der Waals surface area contributed by atoms with Crippen molar-refractivity contribution < 1.29 is 90.7 Å². The molecular weight excluding hydrogens is 1520 g/mol. The maximum atomic E-state index is 12.7. The third-order valence-electron chi connectivity index (χ3n) is 20.6. The van der Waals surface area contributed by atoms with Crippen molar-refractivity contribution in [2.45, 2.75) is 243 Å². The lowest BCUT2D eigenvalue weighted by Gasteiger charge is -2.30. The normalized spacial score (nSPS) is 14.9. The fourth-order valence-electron chi connectivity index (χ4n) is 15.1. The number of hydrogen-bond donors (Lipinski definition) is 13. The molecule has 0 aromatic heterocycles. The number of unbranched alkanes of at least 4 members (excludes halogenated alkanes) is 4. The van der Waals surface area contributed by atoms with Crippen LogP contribution in [0.4, 0.5) is 0 Å². The molecule has 1 heterocycles. The van der Waals surface area contributed by atoms with Crippen LogP contribution in [0.25, 0.3) is 22.3 Å². The van der Waals surface area contributed by atoms with Crippen molar-refractivity contribution in [2.75, 3.05) is 39.4 Å². The number of nitrogens with one attached hydrogen (secondary N) is 4. The summed E-state index contributed by atoms with van der Waals surface area (Å²) in [6, 6.07) is 4.54. The van der Waals surface area contributed by atoms with E-state index < -0.39 is 60.1 Å². The molecule has 1 aliphatic heterocycles. The van der Waals surface area contributed by atoms with Crippen molar-refractivity contribution in [1.29, 1.82) is 4.78 Å². The molecule has 4 unspecified atom stereocenters. The standard InChI is InChI=1S/C34H53N3O9S4.C22H39NO3.C18H21NO8S2.HNS/c1-5-24-19-29(50(43,44)45)32-27(20-26-31(32)28(49(40,41)42)18-23(4)33(26)39)34(24)46-17-16-35-30(38)13-7-6-12-25(21(2)10-8-14-36-47)22(3)11-9-15-37-48;1-5-7-11-17(3)19(18(4)12-8-6-2)13-9-10-14-20(24)23-21(25)15-16-22(23)26;1-3-10-7-14(29(24,25)26)16-12(18(10)27-5-4-19)8-11-15(16)13(28(21,22)23)6-9(2)17(11)20;1-2/h18-19,21-22,25,36-37,39,47-48H,5-17,20H2,1-4H3,(H,35,38)(H,40,41,42)(H,43,44,45);17-19H,5-16H2,1-4H3;6-7,20H,3-5,8,19H2,1-2H3,(H,21,22,23)(H,24,25,26);1H. The zero-order chi connectivity index (χ0) is 80.5. The average molecular weight is 1630 g/mol. The molecule has 4 aromatic rings. The van der Waals surface area contributed by atoms with Gasteiger partial charge in [-0.05, 0) is 160 Å². The first-order chi connectivity index (χ1) is 50.4. The number of benzene rings is 4. The van der Waals surface area contributed by atoms with Gasteiger partial charge in [-0.1, -0.05) is 132 Å². The molecule has 33 heteroatoms. The largest absolute Gasteiger partial charge is 0.507 e. The van der Waals surface area contributed by atoms with E-state index in [-0.39, 0.29) is 143 Å². The van der Waals surface area contributed by atoms with Gasteiger partial charge in [0.2, 0.25) is 23.6 Å². The Morgan fingerprint density at radius 1 is 0.523 bits per heavy atom. The van der Waals surface area contributed by atoms with Crippen molar-refractivity contribution in [1.82, 2.24) is 19.7 Å². The van der Waals surface area contributed by atoms with Crippen molar-refractivity contribution in [3.05, 3.63) is 68.8 Å². The summed E-state index contributed by atoms with van der Waals surface area (Å²) in [5.74, 6) is 2.87. The number of hydrogen-bond acceptors (Lipinski definition) is 23. The molecule has 0 bridgehead atoms. The molecule has 0 radical (unpaired) electrons. The Morgan fingerprint density at radius 3 is 1.21 bits per heavy atom. The number of rotatable bonds is 41. The van der Waals surface area contributed by atoms with Crippen LogP contribution < -0.4 is 30.0 Å². The number of thiol groups is 2. The second-order valence-electron chi connectivity index (χ2n) is 28.1. The summed E-state index contributed by atoms with van der Waals surface area (Å²) in [6.45, 7) is 22.6. The van der Waals surface area contributed by atoms with Gasteiger partial charge in [0.15, 0.2) is 0 Å². The van der Waals surface area contributed by atoms with E-state index in [0.29, 0.717) is 71.8 Å². The molecule has 1 saturated heterocycles. The fourth-order valence-corrected chi connectivity index (χ4v) is 18.6. The van der Waals surface area contributed by atoms with Crippen LogP contribution in [0.15, 0.2) is 43.8 Å². The number of phenols is 2. The summed E-state index contributed by atoms with van der Waals surface area (Å²) < 4.78 is 161. The van der Waals surface area contributed by atoms with Crippen molar-refractivity contribution in [3.63, 3.8) is 0 Å². The van der Waals surface area contributed by atoms with Crippen LogP contribution >= 0.6 is 25.6 Å². The number of aryl methyl sites for hydroxylation is 4. The molecule has 4 amide bonds. The topological polar surface area (TPSA) is 434 Å². The minimum Gasteiger partial charge on any atom is -0.507 e. The molecule has 1 fully saturated rings. The van der Waals surface area contributed by atoms with Crippen LogP contribution in [-0.4, -0.2) is 130 Å². The molecule has 2 aliphatic carbocycles. The predicted molar refractivity (Wildman–Crippen MR) is 421 cm³/mol. The molecule has 0 spiro atoms. The van der Waals surface area contributed by atoms with Crippen LogP contribution in [0, 0.1) is 54.1 Å². The number of amides is 4. The SMILES string of the molecule is CCCCC(C)C(CCCCC(=O)N1C(=O)CCC1=O)C(C)CCCC.CCc1cc(S(=O)(=O)O)c2c(c1OCCN)Cc1c(O)c(C)cc(S(=O)(=O)O)c1-2.CCc1cc(S(=O)(=O)O)c2c(c1OCCNC(=O)CCCCC(C(C)CCCNS)C(C)CCCNS)Cc1c(O)c(C)cc(S(=O)(=O)O)c1-2.N=S. The van der Waals surface area contributed by atoms with Crippen LogP contribution in [0.5, 0.6) is 23.0 Å². The third-order valence-corrected chi connectivity index (χ3v) is 24.5. The Hall–Kier alpha value is -5.40. The van der Waals surface area contributed by atoms with Gasteiger partial charge < -0.3 is 30.7 Å². The Balaban J connectivity index is 0.000000361. The lowest BCUT2D eigenvalue weighted by molar-refractivity contribution is -0.149. The number of phenolic OH excluding ortho intramolecular Hbond substituents is 2. The smallest absolute Gasteiger partial charge is 0.295 e. The van der Waals surface area contributed by atoms with E-state index in [2.05, 4.69) is 94.4 Å². The monoisotopic (exact) mass is 1630 g/mol. The fraction of sp³-hybridized carbons (Fsp3) is 0.622. The summed E-state index contributed by atoms with van der Waals surface area (Å²) in [7, 11) is -19.2. The molecule has 107 heavy (non-hydrogen) atoms. The number of likely N-dealkylation sites (tertiary alicyclic amines) is 1. The zero-order valence-corrected chi connectivity index (χ0v) is 69.2. The molecule has 4 aromatic carbocycles. The summed E-state index contributed by atoms with van der Waals surface area (Å²) >= 11 is 11.5. The van der Waals surface area contributed by atoms with Gasteiger partial charge in [-0.3, -0.25) is 46.8 Å². The molecule has 7 rings (SSSR count). The Morgan fingerprint density at radius 2 is 0.869 bits per heavy atom. The highest BCUT2D eigenvalue weighted by molar-refractivity contribution is 7.87. The van der Waals surface area contributed by atoms with E-state index in [4.69, 9.17) is 20.0 Å². The van der Waals surface area contributed by atoms with Crippen LogP contribution in [0.3, 0.4) is 0 Å². The summed E-state index contributed by atoms with van der Waals surface area (Å²) in [5.41, 5.74) is 6.92. The highest BCUT2D eigenvalue weighted by Gasteiger charge is 2.41. The average Bonchev–Trinajstić information content (AvgIpc) is 1.58. The lowest BCUT2D eigenvalue weighted by Crippen LogP contribution is -2.35. The van der Waals surface area contributed by atoms with E-state index in [1.165, 1.54) is 64.5 Å². The molecule has 26 nitrogen and oxygen atoms in total. The maximum Gasteiger partial charge on any atom is 0.295 e.